The minimum atomic E-state index is -0.457. The maximum atomic E-state index is 12.2. The van der Waals surface area contributed by atoms with Crippen LogP contribution in [0.2, 0.25) is 0 Å². The number of thioether (sulfide) groups is 1. The highest BCUT2D eigenvalue weighted by atomic mass is 32.2. The second-order valence-electron chi connectivity index (χ2n) is 6.42. The van der Waals surface area contributed by atoms with Crippen molar-refractivity contribution >= 4 is 39.8 Å². The van der Waals surface area contributed by atoms with E-state index in [1.807, 2.05) is 31.2 Å². The molecule has 0 fully saturated rings. The number of non-ortho nitro benzene ring substituents is 1. The van der Waals surface area contributed by atoms with Gasteiger partial charge < -0.3 is 9.73 Å². The van der Waals surface area contributed by atoms with Crippen molar-refractivity contribution in [2.75, 3.05) is 11.1 Å². The van der Waals surface area contributed by atoms with Gasteiger partial charge in [0.2, 0.25) is 11.8 Å². The van der Waals surface area contributed by atoms with E-state index in [0.717, 1.165) is 28.5 Å². The van der Waals surface area contributed by atoms with Crippen LogP contribution < -0.4 is 5.32 Å². The molecule has 0 saturated heterocycles. The number of amides is 1. The van der Waals surface area contributed by atoms with E-state index in [-0.39, 0.29) is 17.3 Å². The normalized spacial score (nSPS) is 10.7. The molecule has 0 saturated carbocycles. The number of rotatable bonds is 7. The molecule has 2 heterocycles. The lowest BCUT2D eigenvalue weighted by Crippen LogP contribution is -2.13. The summed E-state index contributed by atoms with van der Waals surface area (Å²) in [7, 11) is 0. The van der Waals surface area contributed by atoms with E-state index in [4.69, 9.17) is 4.42 Å². The highest BCUT2D eigenvalue weighted by Gasteiger charge is 2.13. The summed E-state index contributed by atoms with van der Waals surface area (Å²) >= 11 is 2.40. The lowest BCUT2D eigenvalue weighted by Gasteiger charge is -2.00. The number of nitro benzene ring substituents is 1. The first kappa shape index (κ1) is 20.7. The lowest BCUT2D eigenvalue weighted by atomic mass is 10.1. The number of nitrogens with zero attached hydrogens (tertiary/aromatic N) is 4. The standard InChI is InChI=1S/C20H15N5O4S2/c1-12-2-4-14(5-3-12)18-23-24-20(29-18)31-11-17(26)22-19-21-16(10-30-19)13-6-8-15(9-7-13)25(27)28/h2-10H,11H2,1H3,(H,21,22,26). The monoisotopic (exact) mass is 453 g/mol. The fourth-order valence-corrected chi connectivity index (χ4v) is 3.88. The first-order chi connectivity index (χ1) is 15.0. The summed E-state index contributed by atoms with van der Waals surface area (Å²) < 4.78 is 5.60. The van der Waals surface area contributed by atoms with Crippen molar-refractivity contribution in [2.24, 2.45) is 0 Å². The zero-order valence-electron chi connectivity index (χ0n) is 16.1. The molecule has 1 N–H and O–H groups in total. The van der Waals surface area contributed by atoms with Crippen LogP contribution in [0.4, 0.5) is 10.8 Å². The van der Waals surface area contributed by atoms with Crippen LogP contribution in [-0.2, 0) is 4.79 Å². The highest BCUT2D eigenvalue weighted by molar-refractivity contribution is 7.99. The van der Waals surface area contributed by atoms with Crippen molar-refractivity contribution in [1.82, 2.24) is 15.2 Å². The summed E-state index contributed by atoms with van der Waals surface area (Å²) in [4.78, 5) is 26.9. The third kappa shape index (κ3) is 5.13. The van der Waals surface area contributed by atoms with Crippen LogP contribution >= 0.6 is 23.1 Å². The number of hydrogen-bond acceptors (Lipinski definition) is 9. The Kier molecular flexibility index (Phi) is 6.05. The molecule has 0 spiro atoms. The Morgan fingerprint density at radius 2 is 1.84 bits per heavy atom. The minimum absolute atomic E-state index is 0.0103. The molecule has 0 atom stereocenters. The second-order valence-corrected chi connectivity index (χ2v) is 8.20. The SMILES string of the molecule is Cc1ccc(-c2nnc(SCC(=O)Nc3nc(-c4ccc([N+](=O)[O-])cc4)cs3)o2)cc1. The van der Waals surface area contributed by atoms with Gasteiger partial charge in [0.15, 0.2) is 5.13 Å². The molecule has 0 bridgehead atoms. The summed E-state index contributed by atoms with van der Waals surface area (Å²) in [6.07, 6.45) is 0. The van der Waals surface area contributed by atoms with Crippen molar-refractivity contribution in [2.45, 2.75) is 12.1 Å². The fraction of sp³-hybridized carbons (Fsp3) is 0.100. The Morgan fingerprint density at radius 3 is 2.55 bits per heavy atom. The van der Waals surface area contributed by atoms with Crippen molar-refractivity contribution < 1.29 is 14.1 Å². The number of hydrogen-bond donors (Lipinski definition) is 1. The Morgan fingerprint density at radius 1 is 1.13 bits per heavy atom. The van der Waals surface area contributed by atoms with Gasteiger partial charge >= 0.3 is 0 Å². The van der Waals surface area contributed by atoms with E-state index in [1.165, 1.54) is 23.5 Å². The smallest absolute Gasteiger partial charge is 0.277 e. The molecule has 156 valence electrons. The topological polar surface area (TPSA) is 124 Å². The number of nitro groups is 1. The zero-order chi connectivity index (χ0) is 21.8. The van der Waals surface area contributed by atoms with Crippen LogP contribution in [0.5, 0.6) is 0 Å². The number of aromatic nitrogens is 3. The Bertz CT molecular complexity index is 1220. The molecule has 0 aliphatic rings. The van der Waals surface area contributed by atoms with Gasteiger partial charge in [-0.2, -0.15) is 0 Å². The van der Waals surface area contributed by atoms with Gasteiger partial charge in [-0.05, 0) is 31.2 Å². The summed E-state index contributed by atoms with van der Waals surface area (Å²) in [5.41, 5.74) is 3.31. The van der Waals surface area contributed by atoms with Crippen LogP contribution in [0.1, 0.15) is 5.56 Å². The quantitative estimate of drug-likeness (QED) is 0.240. The number of aryl methyl sites for hydroxylation is 1. The predicted molar refractivity (Wildman–Crippen MR) is 118 cm³/mol. The molecule has 4 rings (SSSR count). The molecule has 0 radical (unpaired) electrons. The maximum absolute atomic E-state index is 12.2. The number of carbonyl (C=O) groups excluding carboxylic acids is 1. The van der Waals surface area contributed by atoms with Crippen LogP contribution in [0.3, 0.4) is 0 Å². The van der Waals surface area contributed by atoms with E-state index in [2.05, 4.69) is 20.5 Å². The van der Waals surface area contributed by atoms with Gasteiger partial charge in [0.25, 0.3) is 10.9 Å². The van der Waals surface area contributed by atoms with E-state index in [9.17, 15) is 14.9 Å². The Hall–Kier alpha value is -3.57. The first-order valence-corrected chi connectivity index (χ1v) is 10.9. The van der Waals surface area contributed by atoms with Gasteiger partial charge in [-0.15, -0.1) is 21.5 Å². The van der Waals surface area contributed by atoms with Gasteiger partial charge in [-0.1, -0.05) is 29.5 Å². The van der Waals surface area contributed by atoms with E-state index in [0.29, 0.717) is 21.9 Å². The molecule has 2 aromatic heterocycles. The average molecular weight is 454 g/mol. The van der Waals surface area contributed by atoms with Crippen LogP contribution in [0.15, 0.2) is 63.6 Å². The molecule has 9 nitrogen and oxygen atoms in total. The molecule has 0 aliphatic heterocycles. The highest BCUT2D eigenvalue weighted by Crippen LogP contribution is 2.27. The van der Waals surface area contributed by atoms with Gasteiger partial charge in [-0.25, -0.2) is 4.98 Å². The third-order valence-electron chi connectivity index (χ3n) is 4.16. The number of anilines is 1. The number of benzene rings is 2. The maximum Gasteiger partial charge on any atom is 0.277 e. The Labute approximate surface area is 184 Å². The number of nitrogens with one attached hydrogen (secondary N) is 1. The van der Waals surface area contributed by atoms with Crippen LogP contribution in [-0.4, -0.2) is 31.8 Å². The molecule has 0 unspecified atom stereocenters. The van der Waals surface area contributed by atoms with Crippen molar-refractivity contribution in [1.29, 1.82) is 0 Å². The number of carbonyl (C=O) groups is 1. The molecule has 2 aromatic carbocycles. The predicted octanol–water partition coefficient (Wildman–Crippen LogP) is 4.81. The first-order valence-electron chi connectivity index (χ1n) is 9.01. The summed E-state index contributed by atoms with van der Waals surface area (Å²) in [5.74, 6) is 0.224. The summed E-state index contributed by atoms with van der Waals surface area (Å²) in [6.45, 7) is 1.99. The molecule has 1 amide bonds. The van der Waals surface area contributed by atoms with E-state index in [1.54, 1.807) is 17.5 Å². The van der Waals surface area contributed by atoms with Gasteiger partial charge in [-0.3, -0.25) is 14.9 Å². The molecule has 0 aliphatic carbocycles. The van der Waals surface area contributed by atoms with Crippen molar-refractivity contribution in [3.8, 4) is 22.7 Å². The Balaban J connectivity index is 1.32. The molecular weight excluding hydrogens is 438 g/mol. The minimum Gasteiger partial charge on any atom is -0.411 e. The lowest BCUT2D eigenvalue weighted by molar-refractivity contribution is -0.384. The van der Waals surface area contributed by atoms with E-state index >= 15 is 0 Å². The van der Waals surface area contributed by atoms with Gasteiger partial charge in [0.05, 0.1) is 16.4 Å². The fourth-order valence-electron chi connectivity index (χ4n) is 2.58. The van der Waals surface area contributed by atoms with Crippen molar-refractivity contribution in [3.63, 3.8) is 0 Å². The molecule has 4 aromatic rings. The number of thiazole rings is 1. The summed E-state index contributed by atoms with van der Waals surface area (Å²) in [6, 6.07) is 13.8. The van der Waals surface area contributed by atoms with Crippen molar-refractivity contribution in [3.05, 3.63) is 69.6 Å². The molecule has 31 heavy (non-hydrogen) atoms. The zero-order valence-corrected chi connectivity index (χ0v) is 17.8. The molecule has 11 heteroatoms. The average Bonchev–Trinajstić information content (AvgIpc) is 3.43. The van der Waals surface area contributed by atoms with Crippen LogP contribution in [0.25, 0.3) is 22.7 Å². The molecular formula is C20H15N5O4S2. The third-order valence-corrected chi connectivity index (χ3v) is 5.73. The van der Waals surface area contributed by atoms with Gasteiger partial charge in [0.1, 0.15) is 0 Å². The van der Waals surface area contributed by atoms with Crippen LogP contribution in [0, 0.1) is 17.0 Å². The summed E-state index contributed by atoms with van der Waals surface area (Å²) in [5, 5.41) is 24.0. The van der Waals surface area contributed by atoms with Gasteiger partial charge in [0, 0.05) is 28.6 Å². The second kappa shape index (κ2) is 9.06. The largest absolute Gasteiger partial charge is 0.411 e. The van der Waals surface area contributed by atoms with E-state index < -0.39 is 4.92 Å².